The van der Waals surface area contributed by atoms with Crippen molar-refractivity contribution in [2.75, 3.05) is 21.6 Å². The van der Waals surface area contributed by atoms with E-state index < -0.39 is 47.2 Å². The lowest BCUT2D eigenvalue weighted by molar-refractivity contribution is -0.123. The molecule has 0 radical (unpaired) electrons. The maximum Gasteiger partial charge on any atom is 0.247 e. The summed E-state index contributed by atoms with van der Waals surface area (Å²) in [5.74, 6) is -1.21. The molecule has 2 aliphatic rings. The van der Waals surface area contributed by atoms with Crippen molar-refractivity contribution < 1.29 is 30.0 Å². The van der Waals surface area contributed by atoms with E-state index in [1.54, 1.807) is 0 Å². The number of benzene rings is 1. The molecule has 1 aromatic carbocycles. The van der Waals surface area contributed by atoms with Crippen LogP contribution in [0, 0.1) is 12.3 Å². The monoisotopic (exact) mass is 450 g/mol. The number of carbonyl (C=O) groups is 1. The molecule has 28 heavy (non-hydrogen) atoms. The summed E-state index contributed by atoms with van der Waals surface area (Å²) >= 11 is 0. The van der Waals surface area contributed by atoms with Crippen LogP contribution in [0.25, 0.3) is 0 Å². The molecule has 12 heteroatoms. The van der Waals surface area contributed by atoms with Crippen molar-refractivity contribution in [2.45, 2.75) is 38.1 Å². The zero-order valence-electron chi connectivity index (χ0n) is 15.7. The van der Waals surface area contributed by atoms with Crippen LogP contribution in [-0.2, 0) is 34.7 Å². The Hall–Kier alpha value is -1.50. The van der Waals surface area contributed by atoms with E-state index in [9.17, 15) is 30.0 Å². The number of amides is 1. The molecule has 3 rings (SSSR count). The van der Waals surface area contributed by atoms with Crippen molar-refractivity contribution in [1.29, 1.82) is 0 Å². The Balaban J connectivity index is 1.92. The van der Waals surface area contributed by atoms with Crippen LogP contribution in [0.15, 0.2) is 23.1 Å². The molecule has 2 heterocycles. The van der Waals surface area contributed by atoms with Crippen molar-refractivity contribution in [1.82, 2.24) is 4.72 Å². The highest BCUT2D eigenvalue weighted by Gasteiger charge is 2.50. The Morgan fingerprint density at radius 3 is 2.29 bits per heavy atom. The summed E-state index contributed by atoms with van der Waals surface area (Å²) in [4.78, 5) is 12.4. The number of sulfone groups is 1. The molecule has 2 saturated heterocycles. The minimum atomic E-state index is -4.00. The molecule has 9 nitrogen and oxygen atoms in total. The van der Waals surface area contributed by atoms with E-state index in [4.69, 9.17) is 0 Å². The van der Waals surface area contributed by atoms with Gasteiger partial charge in [0, 0.05) is 6.04 Å². The standard InChI is InChI=1S/C16H22N2O7S3/c1-11-8-13(18-15(19)16(2,3)10-27(18,22)23)4-5-14(11)28(24,25)17-12-6-7-26(20,21)9-12/h4-5,8,12,17H,6-7,9-10H2,1-3H3. The number of carbonyl (C=O) groups excluding carboxylic acids is 1. The van der Waals surface area contributed by atoms with Crippen LogP contribution in [0.5, 0.6) is 0 Å². The predicted octanol–water partition coefficient (Wildman–Crippen LogP) is 0.163. The van der Waals surface area contributed by atoms with E-state index in [0.717, 1.165) is 0 Å². The van der Waals surface area contributed by atoms with Gasteiger partial charge in [0.25, 0.3) is 0 Å². The minimum Gasteiger partial charge on any atom is -0.273 e. The highest BCUT2D eigenvalue weighted by Crippen LogP contribution is 2.36. The van der Waals surface area contributed by atoms with Gasteiger partial charge >= 0.3 is 0 Å². The summed E-state index contributed by atoms with van der Waals surface area (Å²) < 4.78 is 76.2. The van der Waals surface area contributed by atoms with E-state index in [1.165, 1.54) is 39.0 Å². The summed E-state index contributed by atoms with van der Waals surface area (Å²) in [6, 6.07) is 3.13. The Bertz CT molecular complexity index is 1150. The normalized spacial score (nSPS) is 25.9. The number of rotatable bonds is 4. The van der Waals surface area contributed by atoms with Gasteiger partial charge in [-0.05, 0) is 51.0 Å². The second kappa shape index (κ2) is 6.51. The quantitative estimate of drug-likeness (QED) is 0.690. The summed E-state index contributed by atoms with van der Waals surface area (Å²) in [6.07, 6.45) is 0.203. The van der Waals surface area contributed by atoms with Gasteiger partial charge in [0.1, 0.15) is 0 Å². The lowest BCUT2D eigenvalue weighted by Gasteiger charge is -2.19. The van der Waals surface area contributed by atoms with Crippen LogP contribution >= 0.6 is 0 Å². The molecule has 156 valence electrons. The zero-order valence-corrected chi connectivity index (χ0v) is 18.1. The third-order valence-corrected chi connectivity index (χ3v) is 10.3. The molecule has 1 unspecified atom stereocenters. The molecule has 1 N–H and O–H groups in total. The average Bonchev–Trinajstić information content (AvgIpc) is 2.91. The van der Waals surface area contributed by atoms with Crippen LogP contribution in [0.3, 0.4) is 0 Å². The molecule has 1 aromatic rings. The van der Waals surface area contributed by atoms with E-state index in [1.807, 2.05) is 0 Å². The molecule has 0 aliphatic carbocycles. The van der Waals surface area contributed by atoms with Gasteiger partial charge in [-0.25, -0.2) is 34.3 Å². The second-order valence-corrected chi connectivity index (χ2v) is 13.6. The van der Waals surface area contributed by atoms with Crippen molar-refractivity contribution in [2.24, 2.45) is 5.41 Å². The van der Waals surface area contributed by atoms with Gasteiger partial charge in [-0.2, -0.15) is 0 Å². The van der Waals surface area contributed by atoms with Crippen molar-refractivity contribution >= 4 is 41.5 Å². The fourth-order valence-electron chi connectivity index (χ4n) is 3.49. The first-order valence-electron chi connectivity index (χ1n) is 8.55. The number of hydrogen-bond acceptors (Lipinski definition) is 7. The van der Waals surface area contributed by atoms with E-state index in [2.05, 4.69) is 4.72 Å². The molecular formula is C16H22N2O7S3. The fourth-order valence-corrected chi connectivity index (χ4v) is 8.87. The van der Waals surface area contributed by atoms with E-state index >= 15 is 0 Å². The maximum absolute atomic E-state index is 12.6. The predicted molar refractivity (Wildman–Crippen MR) is 104 cm³/mol. The lowest BCUT2D eigenvalue weighted by atomic mass is 9.95. The first kappa shape index (κ1) is 21.2. The van der Waals surface area contributed by atoms with Crippen LogP contribution in [0.4, 0.5) is 5.69 Å². The first-order valence-corrected chi connectivity index (χ1v) is 13.5. The number of aryl methyl sites for hydroxylation is 1. The largest absolute Gasteiger partial charge is 0.273 e. The van der Waals surface area contributed by atoms with Gasteiger partial charge in [0.2, 0.25) is 26.0 Å². The fraction of sp³-hybridized carbons (Fsp3) is 0.562. The zero-order chi connectivity index (χ0) is 21.1. The Morgan fingerprint density at radius 1 is 1.18 bits per heavy atom. The van der Waals surface area contributed by atoms with Gasteiger partial charge < -0.3 is 0 Å². The van der Waals surface area contributed by atoms with Gasteiger partial charge in [-0.15, -0.1) is 0 Å². The minimum absolute atomic E-state index is 0.0666. The highest BCUT2D eigenvalue weighted by molar-refractivity contribution is 7.94. The number of nitrogens with one attached hydrogen (secondary N) is 1. The van der Waals surface area contributed by atoms with Gasteiger partial charge in [0.15, 0.2) is 9.84 Å². The summed E-state index contributed by atoms with van der Waals surface area (Å²) in [6.45, 7) is 4.57. The smallest absolute Gasteiger partial charge is 0.247 e. The number of hydrogen-bond donors (Lipinski definition) is 1. The van der Waals surface area contributed by atoms with Crippen LogP contribution in [0.2, 0.25) is 0 Å². The van der Waals surface area contributed by atoms with Gasteiger partial charge in [0.05, 0.1) is 33.3 Å². The van der Waals surface area contributed by atoms with E-state index in [-0.39, 0.29) is 39.8 Å². The van der Waals surface area contributed by atoms with Crippen molar-refractivity contribution in [3.8, 4) is 0 Å². The topological polar surface area (TPSA) is 135 Å². The molecule has 2 aliphatic heterocycles. The van der Waals surface area contributed by atoms with Crippen molar-refractivity contribution in [3.63, 3.8) is 0 Å². The summed E-state index contributed by atoms with van der Waals surface area (Å²) in [5, 5.41) is 0. The maximum atomic E-state index is 12.6. The third-order valence-electron chi connectivity index (χ3n) is 4.82. The lowest BCUT2D eigenvalue weighted by Crippen LogP contribution is -2.36. The summed E-state index contributed by atoms with van der Waals surface area (Å²) in [7, 11) is -11.1. The molecule has 1 atom stereocenters. The Kier molecular flexibility index (Phi) is 4.93. The average molecular weight is 451 g/mol. The number of nitrogens with zero attached hydrogens (tertiary/aromatic N) is 1. The Labute approximate surface area is 165 Å². The van der Waals surface area contributed by atoms with Crippen molar-refractivity contribution in [3.05, 3.63) is 23.8 Å². The van der Waals surface area contributed by atoms with Crippen LogP contribution < -0.4 is 9.03 Å². The Morgan fingerprint density at radius 2 is 1.82 bits per heavy atom. The first-order chi connectivity index (χ1) is 12.6. The van der Waals surface area contributed by atoms with Gasteiger partial charge in [-0.1, -0.05) is 0 Å². The molecule has 0 saturated carbocycles. The molecule has 0 aromatic heterocycles. The molecule has 0 spiro atoms. The van der Waals surface area contributed by atoms with Crippen LogP contribution in [0.1, 0.15) is 25.8 Å². The second-order valence-electron chi connectivity index (χ2n) is 7.88. The van der Waals surface area contributed by atoms with E-state index in [0.29, 0.717) is 4.31 Å². The van der Waals surface area contributed by atoms with Gasteiger partial charge in [-0.3, -0.25) is 4.79 Å². The molecule has 0 bridgehead atoms. The number of sulfonamides is 2. The molecule has 2 fully saturated rings. The molecule has 1 amide bonds. The van der Waals surface area contributed by atoms with Crippen LogP contribution in [-0.4, -0.2) is 54.5 Å². The summed E-state index contributed by atoms with van der Waals surface area (Å²) in [5.41, 5.74) is -0.735. The third kappa shape index (κ3) is 3.82. The SMILES string of the molecule is Cc1cc(N2C(=O)C(C)(C)CS2(=O)=O)ccc1S(=O)(=O)NC1CCS(=O)(=O)C1. The number of anilines is 1. The highest BCUT2D eigenvalue weighted by atomic mass is 32.2. The molecular weight excluding hydrogens is 428 g/mol.